The molecule has 1 aliphatic rings. The van der Waals surface area contributed by atoms with Gasteiger partial charge in [-0.1, -0.05) is 29.8 Å². The van der Waals surface area contributed by atoms with E-state index in [1.165, 1.54) is 15.9 Å². The zero-order chi connectivity index (χ0) is 19.7. The van der Waals surface area contributed by atoms with Crippen LogP contribution >= 0.6 is 11.6 Å². The molecule has 1 aromatic carbocycles. The maximum absolute atomic E-state index is 12.7. The third-order valence-electron chi connectivity index (χ3n) is 4.63. The summed E-state index contributed by atoms with van der Waals surface area (Å²) in [6.45, 7) is 0.921. The van der Waals surface area contributed by atoms with Crippen molar-refractivity contribution in [2.45, 2.75) is 25.6 Å². The Kier molecular flexibility index (Phi) is 4.82. The number of carbonyl (C=O) groups excluding carboxylic acids is 2. The molecular weight excluding hydrogens is 382 g/mol. The predicted molar refractivity (Wildman–Crippen MR) is 102 cm³/mol. The van der Waals surface area contributed by atoms with Gasteiger partial charge in [0.25, 0.3) is 11.8 Å². The van der Waals surface area contributed by atoms with Crippen molar-refractivity contribution in [3.63, 3.8) is 0 Å². The van der Waals surface area contributed by atoms with Crippen LogP contribution in [0.4, 0.5) is 5.82 Å². The van der Waals surface area contributed by atoms with E-state index in [2.05, 4.69) is 20.5 Å². The summed E-state index contributed by atoms with van der Waals surface area (Å²) in [5.41, 5.74) is 0.871. The number of aryl methyl sites for hydroxylation is 1. The number of nitrogens with one attached hydrogen (secondary N) is 1. The van der Waals surface area contributed by atoms with Crippen LogP contribution in [0.3, 0.4) is 0 Å². The fourth-order valence-electron chi connectivity index (χ4n) is 3.14. The minimum absolute atomic E-state index is 0.00416. The van der Waals surface area contributed by atoms with Crippen molar-refractivity contribution in [3.8, 4) is 0 Å². The molecule has 1 aliphatic heterocycles. The van der Waals surface area contributed by atoms with E-state index in [-0.39, 0.29) is 11.7 Å². The summed E-state index contributed by atoms with van der Waals surface area (Å²) in [6.07, 6.45) is 3.55. The van der Waals surface area contributed by atoms with Gasteiger partial charge in [0.15, 0.2) is 0 Å². The fraction of sp³-hybridized carbons (Fsp3) is 0.278. The van der Waals surface area contributed by atoms with Gasteiger partial charge >= 0.3 is 0 Å². The Morgan fingerprint density at radius 2 is 2.14 bits per heavy atom. The second kappa shape index (κ2) is 7.43. The zero-order valence-electron chi connectivity index (χ0n) is 15.1. The number of halogens is 1. The average molecular weight is 400 g/mol. The number of carbonyl (C=O) groups is 2. The summed E-state index contributed by atoms with van der Waals surface area (Å²) in [5.74, 6) is 0.000630. The van der Waals surface area contributed by atoms with E-state index >= 15 is 0 Å². The van der Waals surface area contributed by atoms with Crippen molar-refractivity contribution in [2.75, 3.05) is 11.9 Å². The molecule has 4 rings (SSSR count). The van der Waals surface area contributed by atoms with Gasteiger partial charge in [0.2, 0.25) is 5.82 Å². The highest BCUT2D eigenvalue weighted by atomic mass is 35.5. The molecule has 0 saturated heterocycles. The smallest absolute Gasteiger partial charge is 0.291 e. The molecule has 144 valence electrons. The number of rotatable bonds is 4. The van der Waals surface area contributed by atoms with Crippen molar-refractivity contribution >= 4 is 29.2 Å². The highest BCUT2D eigenvalue weighted by molar-refractivity contribution is 6.31. The van der Waals surface area contributed by atoms with Gasteiger partial charge in [0.1, 0.15) is 18.2 Å². The Morgan fingerprint density at radius 3 is 2.96 bits per heavy atom. The molecule has 0 saturated carbocycles. The maximum atomic E-state index is 12.7. The lowest BCUT2D eigenvalue weighted by Crippen LogP contribution is -2.47. The van der Waals surface area contributed by atoms with Crippen LogP contribution in [-0.2, 0) is 17.9 Å². The standard InChI is InChI=1S/C18H18ClN7O2/c1-24-15-6-8-21-26(15)9-7-14(18(24)28)22-17(27)16-20-11-25(23-16)10-12-4-2-3-5-13(12)19/h2-6,8,11,14H,7,9-10H2,1H3,(H,22,27)/t14-/m0/s1. The molecule has 28 heavy (non-hydrogen) atoms. The molecule has 0 spiro atoms. The summed E-state index contributed by atoms with van der Waals surface area (Å²) in [5, 5.41) is 11.7. The quantitative estimate of drug-likeness (QED) is 0.714. The normalized spacial score (nSPS) is 16.6. The average Bonchev–Trinajstić information content (AvgIpc) is 3.33. The van der Waals surface area contributed by atoms with Crippen molar-refractivity contribution < 1.29 is 9.59 Å². The molecule has 0 unspecified atom stereocenters. The summed E-state index contributed by atoms with van der Waals surface area (Å²) in [4.78, 5) is 30.8. The third kappa shape index (κ3) is 3.48. The van der Waals surface area contributed by atoms with Crippen molar-refractivity contribution in [3.05, 3.63) is 59.3 Å². The monoisotopic (exact) mass is 399 g/mol. The van der Waals surface area contributed by atoms with Crippen LogP contribution in [0.15, 0.2) is 42.9 Å². The Balaban J connectivity index is 1.44. The Labute approximate surface area is 165 Å². The third-order valence-corrected chi connectivity index (χ3v) is 5.00. The van der Waals surface area contributed by atoms with Crippen LogP contribution in [0.1, 0.15) is 22.6 Å². The number of likely N-dealkylation sites (N-methyl/N-ethyl adjacent to an activating group) is 1. The number of fused-ring (bicyclic) bond motifs is 1. The van der Waals surface area contributed by atoms with E-state index in [0.717, 1.165) is 5.56 Å². The first kappa shape index (κ1) is 18.2. The number of amides is 2. The molecule has 3 aromatic rings. The molecule has 10 heteroatoms. The molecule has 0 bridgehead atoms. The maximum Gasteiger partial charge on any atom is 0.291 e. The van der Waals surface area contributed by atoms with Gasteiger partial charge in [0.05, 0.1) is 12.7 Å². The van der Waals surface area contributed by atoms with Crippen LogP contribution in [-0.4, -0.2) is 49.4 Å². The topological polar surface area (TPSA) is 97.9 Å². The molecule has 1 N–H and O–H groups in total. The second-order valence-electron chi connectivity index (χ2n) is 6.48. The molecule has 2 aromatic heterocycles. The Bertz CT molecular complexity index is 1030. The summed E-state index contributed by atoms with van der Waals surface area (Å²) in [6, 6.07) is 8.49. The van der Waals surface area contributed by atoms with Crippen molar-refractivity contribution in [1.82, 2.24) is 29.9 Å². The van der Waals surface area contributed by atoms with Crippen LogP contribution in [0.25, 0.3) is 0 Å². The number of hydrogen-bond acceptors (Lipinski definition) is 5. The van der Waals surface area contributed by atoms with E-state index < -0.39 is 11.9 Å². The Morgan fingerprint density at radius 1 is 1.32 bits per heavy atom. The highest BCUT2D eigenvalue weighted by Crippen LogP contribution is 2.19. The molecule has 1 atom stereocenters. The lowest BCUT2D eigenvalue weighted by atomic mass is 10.2. The SMILES string of the molecule is CN1C(=O)[C@@H](NC(=O)c2ncn(Cc3ccccc3Cl)n2)CCn2nccc21. The predicted octanol–water partition coefficient (Wildman–Crippen LogP) is 1.34. The van der Waals surface area contributed by atoms with Crippen LogP contribution in [0, 0.1) is 0 Å². The largest absolute Gasteiger partial charge is 0.337 e. The van der Waals surface area contributed by atoms with Gasteiger partial charge in [-0.15, -0.1) is 5.10 Å². The minimum Gasteiger partial charge on any atom is -0.337 e. The van der Waals surface area contributed by atoms with E-state index in [0.29, 0.717) is 30.4 Å². The number of benzene rings is 1. The number of nitrogens with zero attached hydrogens (tertiary/aromatic N) is 6. The molecular formula is C18H18ClN7O2. The zero-order valence-corrected chi connectivity index (χ0v) is 15.9. The van der Waals surface area contributed by atoms with Gasteiger partial charge in [-0.3, -0.25) is 14.5 Å². The molecule has 0 aliphatic carbocycles. The van der Waals surface area contributed by atoms with Gasteiger partial charge < -0.3 is 5.32 Å². The summed E-state index contributed by atoms with van der Waals surface area (Å²) in [7, 11) is 1.66. The first-order valence-corrected chi connectivity index (χ1v) is 9.14. The van der Waals surface area contributed by atoms with E-state index in [9.17, 15) is 9.59 Å². The molecule has 3 heterocycles. The lowest BCUT2D eigenvalue weighted by molar-refractivity contribution is -0.120. The fourth-order valence-corrected chi connectivity index (χ4v) is 3.33. The summed E-state index contributed by atoms with van der Waals surface area (Å²) >= 11 is 6.16. The molecule has 0 fully saturated rings. The summed E-state index contributed by atoms with van der Waals surface area (Å²) < 4.78 is 3.27. The van der Waals surface area contributed by atoms with Crippen LogP contribution in [0.2, 0.25) is 5.02 Å². The number of hydrogen-bond donors (Lipinski definition) is 1. The van der Waals surface area contributed by atoms with E-state index in [1.54, 1.807) is 30.1 Å². The first-order valence-electron chi connectivity index (χ1n) is 8.76. The second-order valence-corrected chi connectivity index (χ2v) is 6.89. The van der Waals surface area contributed by atoms with Crippen LogP contribution in [0.5, 0.6) is 0 Å². The minimum atomic E-state index is -0.672. The van der Waals surface area contributed by atoms with Crippen LogP contribution < -0.4 is 10.2 Å². The van der Waals surface area contributed by atoms with Gasteiger partial charge in [-0.25, -0.2) is 14.3 Å². The lowest BCUT2D eigenvalue weighted by Gasteiger charge is -2.19. The molecule has 0 radical (unpaired) electrons. The number of aromatic nitrogens is 5. The Hall–Kier alpha value is -3.20. The van der Waals surface area contributed by atoms with Crippen molar-refractivity contribution in [2.24, 2.45) is 0 Å². The van der Waals surface area contributed by atoms with Gasteiger partial charge in [-0.05, 0) is 18.1 Å². The molecule has 9 nitrogen and oxygen atoms in total. The van der Waals surface area contributed by atoms with Crippen molar-refractivity contribution in [1.29, 1.82) is 0 Å². The van der Waals surface area contributed by atoms with Gasteiger partial charge in [0, 0.05) is 24.7 Å². The molecule has 2 amide bonds. The number of anilines is 1. The van der Waals surface area contributed by atoms with Gasteiger partial charge in [-0.2, -0.15) is 5.10 Å². The van der Waals surface area contributed by atoms with E-state index in [4.69, 9.17) is 11.6 Å². The van der Waals surface area contributed by atoms with E-state index in [1.807, 2.05) is 18.2 Å². The highest BCUT2D eigenvalue weighted by Gasteiger charge is 2.30. The first-order chi connectivity index (χ1) is 13.5.